The second-order valence-electron chi connectivity index (χ2n) is 8.89. The van der Waals surface area contributed by atoms with E-state index in [0.29, 0.717) is 22.4 Å². The molecule has 174 valence electrons. The van der Waals surface area contributed by atoms with E-state index < -0.39 is 28.1 Å². The number of nitriles is 1. The molecule has 0 bridgehead atoms. The van der Waals surface area contributed by atoms with Crippen LogP contribution in [0.4, 0.5) is 19.0 Å². The van der Waals surface area contributed by atoms with Crippen LogP contribution in [0.5, 0.6) is 0 Å². The third-order valence-electron chi connectivity index (χ3n) is 5.72. The van der Waals surface area contributed by atoms with Crippen molar-refractivity contribution < 1.29 is 42.7 Å². The van der Waals surface area contributed by atoms with Gasteiger partial charge in [-0.15, -0.1) is 5.56 Å². The summed E-state index contributed by atoms with van der Waals surface area (Å²) in [7, 11) is 0. The molecular weight excluding hydrogens is 450 g/mol. The average molecular weight is 478 g/mol. The number of hydrogen-bond acceptors (Lipinski definition) is 5. The summed E-state index contributed by atoms with van der Waals surface area (Å²) in [6.07, 6.45) is 5.67. The van der Waals surface area contributed by atoms with Gasteiger partial charge >= 0.3 is 29.6 Å². The van der Waals surface area contributed by atoms with Crippen LogP contribution in [0, 0.1) is 28.8 Å². The number of nitrogens with one attached hydrogen (secondary N) is 1. The molecule has 0 atom stereocenters. The minimum atomic E-state index is -3.33. The van der Waals surface area contributed by atoms with Crippen LogP contribution in [0.15, 0.2) is 30.6 Å². The molecule has 1 aromatic carbocycles. The van der Waals surface area contributed by atoms with E-state index in [4.69, 9.17) is 0 Å². The van der Waals surface area contributed by atoms with E-state index in [1.165, 1.54) is 39.2 Å². The Bertz CT molecular complexity index is 1200. The molecule has 1 N–H and O–H groups in total. The fraction of sp³-hybridized carbons (Fsp3) is 0.440. The zero-order valence-electron chi connectivity index (χ0n) is 20.4. The first kappa shape index (κ1) is 28.0. The van der Waals surface area contributed by atoms with Crippen LogP contribution in [-0.4, -0.2) is 15.0 Å². The monoisotopic (exact) mass is 477 g/mol. The van der Waals surface area contributed by atoms with Crippen LogP contribution in [0.1, 0.15) is 64.2 Å². The van der Waals surface area contributed by atoms with E-state index in [9.17, 15) is 18.4 Å². The van der Waals surface area contributed by atoms with Gasteiger partial charge < -0.3 is 10.3 Å². The summed E-state index contributed by atoms with van der Waals surface area (Å²) in [6, 6.07) is 8.06. The van der Waals surface area contributed by atoms with Crippen molar-refractivity contribution in [2.75, 3.05) is 5.32 Å². The molecule has 3 aromatic rings. The van der Waals surface area contributed by atoms with Crippen LogP contribution in [0.2, 0.25) is 0 Å². The van der Waals surface area contributed by atoms with E-state index in [2.05, 4.69) is 32.5 Å². The van der Waals surface area contributed by atoms with Gasteiger partial charge in [-0.2, -0.15) is 11.3 Å². The number of aromatic nitrogens is 3. The summed E-state index contributed by atoms with van der Waals surface area (Å²) in [5.41, 5.74) is -1.50. The second kappa shape index (κ2) is 10.6. The van der Waals surface area contributed by atoms with Crippen LogP contribution in [-0.2, 0) is 17.9 Å². The maximum Gasteiger partial charge on any atom is 1.00 e. The zero-order valence-corrected chi connectivity index (χ0v) is 22.4. The molecule has 9 heteroatoms. The number of anilines is 1. The fourth-order valence-electron chi connectivity index (χ4n) is 3.39. The van der Waals surface area contributed by atoms with Gasteiger partial charge in [0.15, 0.2) is 0 Å². The molecule has 0 saturated heterocycles. The normalized spacial score (nSPS) is 14.3. The SMILES string of the molecule is CC.CC(C)(C)C(F)(F)c1cccc(CNc2ncnc3n[c-]c(C4(C#N)CC4)cc23)c1F.[Na+]. The number of halogens is 3. The first-order valence-electron chi connectivity index (χ1n) is 10.9. The number of hydrogen-bond donors (Lipinski definition) is 1. The average Bonchev–Trinajstić information content (AvgIpc) is 3.60. The fourth-order valence-corrected chi connectivity index (χ4v) is 3.39. The second-order valence-corrected chi connectivity index (χ2v) is 8.89. The molecule has 0 spiro atoms. The standard InChI is InChI=1S/C23H21F3N5.C2H6.Na/c1-21(2,3)23(25,26)17-6-4-5-14(18(17)24)10-28-19-16-9-15(22(12-27)7-8-22)11-29-20(16)31-13-30-19;1-2;/h4-6,9,13H,7-8,10H2,1-3H3,(H,28,29,30,31);1-2H3;/q-1;;+1. The maximum absolute atomic E-state index is 15.0. The van der Waals surface area contributed by atoms with Gasteiger partial charge in [0.25, 0.3) is 5.92 Å². The predicted molar refractivity (Wildman–Crippen MR) is 121 cm³/mol. The molecule has 1 saturated carbocycles. The topological polar surface area (TPSA) is 74.5 Å². The Balaban J connectivity index is 0.00000133. The number of rotatable bonds is 5. The molecule has 1 fully saturated rings. The van der Waals surface area contributed by atoms with Gasteiger partial charge in [-0.05, 0) is 18.2 Å². The Kier molecular flexibility index (Phi) is 8.73. The largest absolute Gasteiger partial charge is 1.00 e. The Morgan fingerprint density at radius 2 is 1.85 bits per heavy atom. The van der Waals surface area contributed by atoms with E-state index >= 15 is 0 Å². The van der Waals surface area contributed by atoms with Crippen molar-refractivity contribution in [3.05, 3.63) is 59.3 Å². The Morgan fingerprint density at radius 3 is 2.44 bits per heavy atom. The molecule has 0 unspecified atom stereocenters. The van der Waals surface area contributed by atoms with Gasteiger partial charge in [-0.25, -0.2) is 18.2 Å². The van der Waals surface area contributed by atoms with Gasteiger partial charge in [0.1, 0.15) is 18.0 Å². The summed E-state index contributed by atoms with van der Waals surface area (Å²) < 4.78 is 44.5. The first-order chi connectivity index (χ1) is 15.6. The summed E-state index contributed by atoms with van der Waals surface area (Å²) in [6.45, 7) is 8.07. The van der Waals surface area contributed by atoms with E-state index in [1.807, 2.05) is 13.8 Å². The Hall–Kier alpha value is -2.21. The smallest absolute Gasteiger partial charge is 0.369 e. The summed E-state index contributed by atoms with van der Waals surface area (Å²) in [5.74, 6) is -3.89. The Morgan fingerprint density at radius 1 is 1.18 bits per heavy atom. The molecule has 1 aliphatic carbocycles. The van der Waals surface area contributed by atoms with E-state index in [0.717, 1.165) is 18.9 Å². The molecule has 2 heterocycles. The number of fused-ring (bicyclic) bond motifs is 1. The van der Waals surface area contributed by atoms with Gasteiger partial charge in [0, 0.05) is 17.5 Å². The quantitative estimate of drug-likeness (QED) is 0.451. The molecule has 0 amide bonds. The first-order valence-corrected chi connectivity index (χ1v) is 10.9. The summed E-state index contributed by atoms with van der Waals surface area (Å²) in [5, 5.41) is 13.0. The van der Waals surface area contributed by atoms with Gasteiger partial charge in [0.2, 0.25) is 0 Å². The molecule has 5 nitrogen and oxygen atoms in total. The van der Waals surface area contributed by atoms with Crippen molar-refractivity contribution in [3.8, 4) is 6.07 Å². The van der Waals surface area contributed by atoms with Gasteiger partial charge in [-0.1, -0.05) is 59.0 Å². The van der Waals surface area contributed by atoms with Crippen LogP contribution >= 0.6 is 0 Å². The van der Waals surface area contributed by atoms with Crippen molar-refractivity contribution in [2.24, 2.45) is 5.41 Å². The molecule has 0 radical (unpaired) electrons. The molecule has 0 aliphatic heterocycles. The number of pyridine rings is 1. The summed E-state index contributed by atoms with van der Waals surface area (Å²) in [4.78, 5) is 12.5. The minimum Gasteiger partial charge on any atom is -0.369 e. The van der Waals surface area contributed by atoms with Crippen LogP contribution < -0.4 is 34.9 Å². The molecule has 1 aliphatic rings. The van der Waals surface area contributed by atoms with Crippen LogP contribution in [0.3, 0.4) is 0 Å². The van der Waals surface area contributed by atoms with E-state index in [-0.39, 0.29) is 41.7 Å². The number of benzene rings is 1. The zero-order chi connectivity index (χ0) is 24.4. The van der Waals surface area contributed by atoms with Crippen molar-refractivity contribution >= 4 is 16.9 Å². The number of nitrogens with zero attached hydrogens (tertiary/aromatic N) is 4. The number of alkyl halides is 2. The van der Waals surface area contributed by atoms with Gasteiger partial charge in [-0.3, -0.25) is 4.98 Å². The molecule has 4 rings (SSSR count). The third kappa shape index (κ3) is 5.22. The molecular formula is C25H27F3N5Na. The maximum atomic E-state index is 15.0. The van der Waals surface area contributed by atoms with Crippen molar-refractivity contribution in [2.45, 2.75) is 65.3 Å². The Labute approximate surface area is 220 Å². The van der Waals surface area contributed by atoms with Crippen molar-refractivity contribution in [1.29, 1.82) is 5.26 Å². The molecule has 2 aromatic heterocycles. The third-order valence-corrected chi connectivity index (χ3v) is 5.72. The van der Waals surface area contributed by atoms with Crippen LogP contribution in [0.25, 0.3) is 11.0 Å². The van der Waals surface area contributed by atoms with E-state index in [1.54, 1.807) is 6.07 Å². The van der Waals surface area contributed by atoms with Crippen molar-refractivity contribution in [3.63, 3.8) is 0 Å². The molecule has 34 heavy (non-hydrogen) atoms. The predicted octanol–water partition coefficient (Wildman–Crippen LogP) is 3.30. The minimum absolute atomic E-state index is 0. The summed E-state index contributed by atoms with van der Waals surface area (Å²) >= 11 is 0. The van der Waals surface area contributed by atoms with Gasteiger partial charge in [0.05, 0.1) is 22.7 Å². The van der Waals surface area contributed by atoms with Crippen molar-refractivity contribution in [1.82, 2.24) is 15.0 Å².